The van der Waals surface area contributed by atoms with E-state index in [1.807, 2.05) is 12.1 Å². The lowest BCUT2D eigenvalue weighted by Crippen LogP contribution is -2.23. The van der Waals surface area contributed by atoms with Crippen molar-refractivity contribution in [3.63, 3.8) is 0 Å². The summed E-state index contributed by atoms with van der Waals surface area (Å²) in [6, 6.07) is 3.88. The third-order valence-corrected chi connectivity index (χ3v) is 4.29. The standard InChI is InChI=1S/C18H25N5O2/c1-18(2,3)15-5-6-16(22-21-15)25-12-13-7-8-23(11-13)17-19-9-14(24-4)10-20-17/h5-6,9-10,13H,7-8,11-12H2,1-4H3. The van der Waals surface area contributed by atoms with Crippen molar-refractivity contribution in [3.05, 3.63) is 30.2 Å². The monoisotopic (exact) mass is 343 g/mol. The minimum absolute atomic E-state index is 0.00412. The molecule has 1 fully saturated rings. The Bertz CT molecular complexity index is 682. The zero-order valence-electron chi connectivity index (χ0n) is 15.3. The average Bonchev–Trinajstić information content (AvgIpc) is 3.09. The summed E-state index contributed by atoms with van der Waals surface area (Å²) in [7, 11) is 1.61. The van der Waals surface area contributed by atoms with Crippen LogP contribution in [0.2, 0.25) is 0 Å². The molecule has 1 atom stereocenters. The normalized spacial score (nSPS) is 17.6. The van der Waals surface area contributed by atoms with Crippen LogP contribution in [0.25, 0.3) is 0 Å². The van der Waals surface area contributed by atoms with E-state index in [-0.39, 0.29) is 5.41 Å². The first-order chi connectivity index (χ1) is 12.0. The van der Waals surface area contributed by atoms with Crippen molar-refractivity contribution in [2.75, 3.05) is 31.7 Å². The number of aromatic nitrogens is 4. The number of methoxy groups -OCH3 is 1. The summed E-state index contributed by atoms with van der Waals surface area (Å²) in [6.07, 6.45) is 4.43. The van der Waals surface area contributed by atoms with E-state index in [9.17, 15) is 0 Å². The topological polar surface area (TPSA) is 73.3 Å². The molecule has 0 bridgehead atoms. The van der Waals surface area contributed by atoms with E-state index in [0.29, 0.717) is 24.2 Å². The minimum atomic E-state index is -0.00412. The molecule has 25 heavy (non-hydrogen) atoms. The van der Waals surface area contributed by atoms with Crippen LogP contribution in [-0.4, -0.2) is 47.0 Å². The second kappa shape index (κ2) is 7.21. The zero-order chi connectivity index (χ0) is 17.9. The molecule has 1 aliphatic heterocycles. The van der Waals surface area contributed by atoms with Crippen molar-refractivity contribution in [1.29, 1.82) is 0 Å². The Hall–Kier alpha value is -2.44. The molecule has 2 aromatic heterocycles. The molecular weight excluding hydrogens is 318 g/mol. The second-order valence-electron chi connectivity index (χ2n) is 7.34. The van der Waals surface area contributed by atoms with Crippen molar-refractivity contribution in [2.24, 2.45) is 5.92 Å². The molecule has 0 saturated carbocycles. The molecule has 0 aliphatic carbocycles. The Morgan fingerprint density at radius 1 is 1.16 bits per heavy atom. The largest absolute Gasteiger partial charge is 0.494 e. The molecule has 1 saturated heterocycles. The van der Waals surface area contributed by atoms with Gasteiger partial charge >= 0.3 is 0 Å². The van der Waals surface area contributed by atoms with E-state index >= 15 is 0 Å². The Kier molecular flexibility index (Phi) is 5.01. The fourth-order valence-electron chi connectivity index (χ4n) is 2.73. The predicted octanol–water partition coefficient (Wildman–Crippen LogP) is 2.48. The van der Waals surface area contributed by atoms with Gasteiger partial charge in [-0.1, -0.05) is 20.8 Å². The summed E-state index contributed by atoms with van der Waals surface area (Å²) >= 11 is 0. The number of hydrogen-bond acceptors (Lipinski definition) is 7. The van der Waals surface area contributed by atoms with E-state index in [2.05, 4.69) is 45.8 Å². The lowest BCUT2D eigenvalue weighted by atomic mass is 9.92. The third-order valence-electron chi connectivity index (χ3n) is 4.29. The SMILES string of the molecule is COc1cnc(N2CCC(COc3ccc(C(C)(C)C)nn3)C2)nc1. The lowest BCUT2D eigenvalue weighted by molar-refractivity contribution is 0.249. The predicted molar refractivity (Wildman–Crippen MR) is 95.1 cm³/mol. The first-order valence-corrected chi connectivity index (χ1v) is 8.53. The maximum atomic E-state index is 5.82. The Morgan fingerprint density at radius 2 is 1.92 bits per heavy atom. The number of nitrogens with zero attached hydrogens (tertiary/aromatic N) is 5. The van der Waals surface area contributed by atoms with Crippen LogP contribution in [0.3, 0.4) is 0 Å². The van der Waals surface area contributed by atoms with Crippen LogP contribution >= 0.6 is 0 Å². The molecule has 134 valence electrons. The zero-order valence-corrected chi connectivity index (χ0v) is 15.3. The number of anilines is 1. The number of rotatable bonds is 5. The molecular formula is C18H25N5O2. The summed E-state index contributed by atoms with van der Waals surface area (Å²) in [6.45, 7) is 8.77. The van der Waals surface area contributed by atoms with Crippen LogP contribution in [0, 0.1) is 5.92 Å². The molecule has 3 heterocycles. The quantitative estimate of drug-likeness (QED) is 0.825. The molecule has 0 radical (unpaired) electrons. The van der Waals surface area contributed by atoms with Gasteiger partial charge in [-0.15, -0.1) is 5.10 Å². The lowest BCUT2D eigenvalue weighted by Gasteiger charge is -2.17. The van der Waals surface area contributed by atoms with Crippen LogP contribution < -0.4 is 14.4 Å². The van der Waals surface area contributed by atoms with Crippen molar-refractivity contribution < 1.29 is 9.47 Å². The van der Waals surface area contributed by atoms with Crippen LogP contribution in [0.1, 0.15) is 32.9 Å². The third kappa shape index (κ3) is 4.35. The van der Waals surface area contributed by atoms with Gasteiger partial charge in [-0.25, -0.2) is 9.97 Å². The molecule has 1 unspecified atom stereocenters. The minimum Gasteiger partial charge on any atom is -0.494 e. The van der Waals surface area contributed by atoms with Gasteiger partial charge < -0.3 is 14.4 Å². The van der Waals surface area contributed by atoms with Crippen LogP contribution in [0.5, 0.6) is 11.6 Å². The van der Waals surface area contributed by atoms with Crippen LogP contribution in [-0.2, 0) is 5.41 Å². The van der Waals surface area contributed by atoms with Gasteiger partial charge in [-0.3, -0.25) is 0 Å². The smallest absolute Gasteiger partial charge is 0.233 e. The van der Waals surface area contributed by atoms with E-state index in [0.717, 1.165) is 31.2 Å². The summed E-state index contributed by atoms with van der Waals surface area (Å²) < 4.78 is 10.9. The molecule has 0 spiro atoms. The van der Waals surface area contributed by atoms with E-state index in [4.69, 9.17) is 9.47 Å². The van der Waals surface area contributed by atoms with Gasteiger partial charge in [-0.2, -0.15) is 5.10 Å². The summed E-state index contributed by atoms with van der Waals surface area (Å²) in [5.41, 5.74) is 0.957. The summed E-state index contributed by atoms with van der Waals surface area (Å²) in [5.74, 6) is 2.40. The molecule has 0 N–H and O–H groups in total. The van der Waals surface area contributed by atoms with Gasteiger partial charge in [0.15, 0.2) is 5.75 Å². The summed E-state index contributed by atoms with van der Waals surface area (Å²) in [5, 5.41) is 8.43. The van der Waals surface area contributed by atoms with E-state index in [1.54, 1.807) is 19.5 Å². The molecule has 7 nitrogen and oxygen atoms in total. The second-order valence-corrected chi connectivity index (χ2v) is 7.34. The van der Waals surface area contributed by atoms with Gasteiger partial charge in [-0.05, 0) is 12.5 Å². The van der Waals surface area contributed by atoms with Gasteiger partial charge in [0.05, 0.1) is 31.8 Å². The molecule has 1 aliphatic rings. The molecule has 2 aromatic rings. The maximum absolute atomic E-state index is 5.82. The highest BCUT2D eigenvalue weighted by molar-refractivity contribution is 5.33. The van der Waals surface area contributed by atoms with Gasteiger partial charge in [0.2, 0.25) is 11.8 Å². The summed E-state index contributed by atoms with van der Waals surface area (Å²) in [4.78, 5) is 10.9. The highest BCUT2D eigenvalue weighted by Gasteiger charge is 2.25. The fraction of sp³-hybridized carbons (Fsp3) is 0.556. The van der Waals surface area contributed by atoms with Crippen LogP contribution in [0.15, 0.2) is 24.5 Å². The Morgan fingerprint density at radius 3 is 2.52 bits per heavy atom. The number of hydrogen-bond donors (Lipinski definition) is 0. The highest BCUT2D eigenvalue weighted by Crippen LogP contribution is 2.23. The first-order valence-electron chi connectivity index (χ1n) is 8.53. The van der Waals surface area contributed by atoms with Crippen molar-refractivity contribution in [2.45, 2.75) is 32.6 Å². The van der Waals surface area contributed by atoms with Gasteiger partial charge in [0, 0.05) is 30.5 Å². The average molecular weight is 343 g/mol. The molecule has 7 heteroatoms. The Labute approximate surface area is 148 Å². The van der Waals surface area contributed by atoms with Crippen molar-refractivity contribution in [3.8, 4) is 11.6 Å². The first kappa shape index (κ1) is 17.4. The van der Waals surface area contributed by atoms with Crippen molar-refractivity contribution in [1.82, 2.24) is 20.2 Å². The van der Waals surface area contributed by atoms with E-state index < -0.39 is 0 Å². The molecule has 0 aromatic carbocycles. The molecule has 3 rings (SSSR count). The Balaban J connectivity index is 1.51. The van der Waals surface area contributed by atoms with Gasteiger partial charge in [0.1, 0.15) is 0 Å². The van der Waals surface area contributed by atoms with Crippen molar-refractivity contribution >= 4 is 5.95 Å². The number of ether oxygens (including phenoxy) is 2. The molecule has 0 amide bonds. The van der Waals surface area contributed by atoms with Crippen LogP contribution in [0.4, 0.5) is 5.95 Å². The van der Waals surface area contributed by atoms with Gasteiger partial charge in [0.25, 0.3) is 0 Å². The fourth-order valence-corrected chi connectivity index (χ4v) is 2.73. The van der Waals surface area contributed by atoms with E-state index in [1.165, 1.54) is 0 Å². The maximum Gasteiger partial charge on any atom is 0.233 e. The highest BCUT2D eigenvalue weighted by atomic mass is 16.5.